The molecule has 1 saturated heterocycles. The van der Waals surface area contributed by atoms with Crippen molar-refractivity contribution in [3.8, 4) is 11.5 Å². The van der Waals surface area contributed by atoms with E-state index in [0.29, 0.717) is 17.1 Å². The van der Waals surface area contributed by atoms with Gasteiger partial charge in [0.15, 0.2) is 11.5 Å². The first-order valence-corrected chi connectivity index (χ1v) is 8.47. The minimum Gasteiger partial charge on any atom is -0.454 e. The summed E-state index contributed by atoms with van der Waals surface area (Å²) in [6, 6.07) is 5.72. The van der Waals surface area contributed by atoms with E-state index in [0.717, 1.165) is 32.4 Å². The normalized spacial score (nSPS) is 19.5. The summed E-state index contributed by atoms with van der Waals surface area (Å²) in [7, 11) is 0. The number of imidazole rings is 1. The Bertz CT molecular complexity index is 714. The van der Waals surface area contributed by atoms with Crippen LogP contribution in [0.15, 0.2) is 36.9 Å². The van der Waals surface area contributed by atoms with E-state index in [1.807, 2.05) is 29.6 Å². The molecule has 0 radical (unpaired) electrons. The van der Waals surface area contributed by atoms with E-state index in [-0.39, 0.29) is 18.7 Å². The number of hydrogen-bond acceptors (Lipinski definition) is 4. The van der Waals surface area contributed by atoms with E-state index in [1.165, 1.54) is 6.42 Å². The van der Waals surface area contributed by atoms with Gasteiger partial charge in [0.1, 0.15) is 0 Å². The van der Waals surface area contributed by atoms with Crippen molar-refractivity contribution in [3.63, 3.8) is 0 Å². The predicted octanol–water partition coefficient (Wildman–Crippen LogP) is 2.70. The van der Waals surface area contributed by atoms with Gasteiger partial charge in [0, 0.05) is 37.1 Å². The molecular weight excluding hydrogens is 306 g/mol. The Morgan fingerprint density at radius 2 is 2.17 bits per heavy atom. The van der Waals surface area contributed by atoms with Crippen LogP contribution in [0.4, 0.5) is 0 Å². The summed E-state index contributed by atoms with van der Waals surface area (Å²) in [6.45, 7) is 1.93. The second-order valence-corrected chi connectivity index (χ2v) is 6.31. The third kappa shape index (κ3) is 2.96. The molecule has 1 atom stereocenters. The van der Waals surface area contributed by atoms with Gasteiger partial charge in [0.2, 0.25) is 6.79 Å². The second-order valence-electron chi connectivity index (χ2n) is 6.31. The molecule has 4 rings (SSSR count). The first-order chi connectivity index (χ1) is 11.8. The standard InChI is InChI=1S/C18H21N3O3/c22-18(14-4-5-16-17(11-14)24-13-23-16)21-8-2-1-3-15(21)6-9-20-10-7-19-12-20/h4-5,7,10-12,15H,1-3,6,8-9,13H2/t15-/m0/s1. The number of rotatable bonds is 4. The number of likely N-dealkylation sites (tertiary alicyclic amines) is 1. The maximum Gasteiger partial charge on any atom is 0.254 e. The van der Waals surface area contributed by atoms with Crippen LogP contribution >= 0.6 is 0 Å². The molecular formula is C18H21N3O3. The third-order valence-corrected chi connectivity index (χ3v) is 4.79. The summed E-state index contributed by atoms with van der Waals surface area (Å²) in [6.07, 6.45) is 9.84. The van der Waals surface area contributed by atoms with Gasteiger partial charge in [-0.2, -0.15) is 0 Å². The molecule has 126 valence electrons. The van der Waals surface area contributed by atoms with Gasteiger partial charge < -0.3 is 18.9 Å². The fraction of sp³-hybridized carbons (Fsp3) is 0.444. The van der Waals surface area contributed by atoms with Crippen LogP contribution in [0.3, 0.4) is 0 Å². The maximum absolute atomic E-state index is 13.0. The van der Waals surface area contributed by atoms with Crippen LogP contribution in [0, 0.1) is 0 Å². The number of carbonyl (C=O) groups excluding carboxylic acids is 1. The molecule has 1 fully saturated rings. The van der Waals surface area contributed by atoms with Crippen LogP contribution in [-0.4, -0.2) is 39.7 Å². The van der Waals surface area contributed by atoms with Crippen molar-refractivity contribution >= 4 is 5.91 Å². The average molecular weight is 327 g/mol. The smallest absolute Gasteiger partial charge is 0.254 e. The summed E-state index contributed by atoms with van der Waals surface area (Å²) in [5.41, 5.74) is 0.675. The van der Waals surface area contributed by atoms with E-state index in [4.69, 9.17) is 9.47 Å². The van der Waals surface area contributed by atoms with Crippen LogP contribution in [0.1, 0.15) is 36.0 Å². The summed E-state index contributed by atoms with van der Waals surface area (Å²) in [5.74, 6) is 1.46. The summed E-state index contributed by atoms with van der Waals surface area (Å²) in [5, 5.41) is 0. The Hall–Kier alpha value is -2.50. The zero-order valence-electron chi connectivity index (χ0n) is 13.6. The fourth-order valence-corrected chi connectivity index (χ4v) is 3.48. The van der Waals surface area contributed by atoms with Crippen molar-refractivity contribution < 1.29 is 14.3 Å². The molecule has 0 spiro atoms. The molecule has 0 saturated carbocycles. The average Bonchev–Trinajstić information content (AvgIpc) is 3.30. The highest BCUT2D eigenvalue weighted by Crippen LogP contribution is 2.33. The SMILES string of the molecule is O=C(c1ccc2c(c1)OCO2)N1CCCC[C@H]1CCn1ccnc1. The Morgan fingerprint density at radius 1 is 1.25 bits per heavy atom. The van der Waals surface area contributed by atoms with Crippen molar-refractivity contribution in [2.45, 2.75) is 38.3 Å². The molecule has 2 aromatic rings. The minimum atomic E-state index is 0.0867. The molecule has 6 nitrogen and oxygen atoms in total. The first-order valence-electron chi connectivity index (χ1n) is 8.47. The summed E-state index contributed by atoms with van der Waals surface area (Å²) in [4.78, 5) is 19.1. The lowest BCUT2D eigenvalue weighted by Crippen LogP contribution is -2.44. The molecule has 1 aromatic heterocycles. The highest BCUT2D eigenvalue weighted by molar-refractivity contribution is 5.95. The molecule has 1 amide bonds. The number of amides is 1. The monoisotopic (exact) mass is 327 g/mol. The molecule has 0 bridgehead atoms. The number of nitrogens with zero attached hydrogens (tertiary/aromatic N) is 3. The van der Waals surface area contributed by atoms with Crippen molar-refractivity contribution in [1.82, 2.24) is 14.5 Å². The van der Waals surface area contributed by atoms with Crippen molar-refractivity contribution in [3.05, 3.63) is 42.5 Å². The van der Waals surface area contributed by atoms with Crippen LogP contribution in [-0.2, 0) is 6.54 Å². The Balaban J connectivity index is 1.48. The van der Waals surface area contributed by atoms with Gasteiger partial charge in [-0.1, -0.05) is 0 Å². The first kappa shape index (κ1) is 15.1. The number of fused-ring (bicyclic) bond motifs is 1. The number of aromatic nitrogens is 2. The van der Waals surface area contributed by atoms with Crippen molar-refractivity contribution in [2.75, 3.05) is 13.3 Å². The maximum atomic E-state index is 13.0. The number of carbonyl (C=O) groups is 1. The molecule has 24 heavy (non-hydrogen) atoms. The largest absolute Gasteiger partial charge is 0.454 e. The number of piperidine rings is 1. The number of aryl methyl sites for hydroxylation is 1. The highest BCUT2D eigenvalue weighted by Gasteiger charge is 2.28. The zero-order chi connectivity index (χ0) is 16.4. The summed E-state index contributed by atoms with van der Waals surface area (Å²) >= 11 is 0. The Kier molecular flexibility index (Phi) is 4.11. The molecule has 0 aliphatic carbocycles. The van der Waals surface area contributed by atoms with Gasteiger partial charge in [-0.3, -0.25) is 4.79 Å². The fourth-order valence-electron chi connectivity index (χ4n) is 3.48. The molecule has 3 heterocycles. The zero-order valence-corrected chi connectivity index (χ0v) is 13.6. The van der Waals surface area contributed by atoms with Crippen LogP contribution in [0.5, 0.6) is 11.5 Å². The lowest BCUT2D eigenvalue weighted by Gasteiger charge is -2.36. The van der Waals surface area contributed by atoms with Crippen LogP contribution in [0.25, 0.3) is 0 Å². The topological polar surface area (TPSA) is 56.6 Å². The van der Waals surface area contributed by atoms with E-state index < -0.39 is 0 Å². The second kappa shape index (κ2) is 6.55. The molecule has 2 aliphatic rings. The lowest BCUT2D eigenvalue weighted by atomic mass is 9.98. The number of hydrogen-bond donors (Lipinski definition) is 0. The highest BCUT2D eigenvalue weighted by atomic mass is 16.7. The van der Waals surface area contributed by atoms with Gasteiger partial charge in [0.25, 0.3) is 5.91 Å². The molecule has 0 N–H and O–H groups in total. The van der Waals surface area contributed by atoms with Crippen molar-refractivity contribution in [2.24, 2.45) is 0 Å². The number of benzene rings is 1. The quantitative estimate of drug-likeness (QED) is 0.866. The Labute approximate surface area is 141 Å². The van der Waals surface area contributed by atoms with Crippen molar-refractivity contribution in [1.29, 1.82) is 0 Å². The van der Waals surface area contributed by atoms with E-state index in [1.54, 1.807) is 12.3 Å². The Morgan fingerprint density at radius 3 is 3.04 bits per heavy atom. The van der Waals surface area contributed by atoms with Gasteiger partial charge in [0.05, 0.1) is 6.33 Å². The van der Waals surface area contributed by atoms with E-state index in [2.05, 4.69) is 9.55 Å². The molecule has 6 heteroatoms. The van der Waals surface area contributed by atoms with E-state index >= 15 is 0 Å². The summed E-state index contributed by atoms with van der Waals surface area (Å²) < 4.78 is 12.8. The molecule has 2 aliphatic heterocycles. The van der Waals surface area contributed by atoms with Gasteiger partial charge in [-0.05, 0) is 43.9 Å². The van der Waals surface area contributed by atoms with Gasteiger partial charge >= 0.3 is 0 Å². The molecule has 1 aromatic carbocycles. The van der Waals surface area contributed by atoms with Crippen LogP contribution in [0.2, 0.25) is 0 Å². The predicted molar refractivity (Wildman–Crippen MR) is 88.1 cm³/mol. The van der Waals surface area contributed by atoms with E-state index in [9.17, 15) is 4.79 Å². The van der Waals surface area contributed by atoms with Gasteiger partial charge in [-0.25, -0.2) is 4.98 Å². The minimum absolute atomic E-state index is 0.0867. The third-order valence-electron chi connectivity index (χ3n) is 4.79. The lowest BCUT2D eigenvalue weighted by molar-refractivity contribution is 0.0595. The van der Waals surface area contributed by atoms with Gasteiger partial charge in [-0.15, -0.1) is 0 Å². The van der Waals surface area contributed by atoms with Crippen LogP contribution < -0.4 is 9.47 Å². The molecule has 0 unspecified atom stereocenters. The number of ether oxygens (including phenoxy) is 2.